The van der Waals surface area contributed by atoms with E-state index in [9.17, 15) is 4.79 Å². The van der Waals surface area contributed by atoms with Crippen molar-refractivity contribution in [1.82, 2.24) is 14.9 Å². The van der Waals surface area contributed by atoms with Gasteiger partial charge >= 0.3 is 0 Å². The Morgan fingerprint density at radius 3 is 2.92 bits per heavy atom. The Balaban J connectivity index is 1.63. The molecular formula is C20H26N4O2. The van der Waals surface area contributed by atoms with Gasteiger partial charge in [-0.3, -0.25) is 9.78 Å². The monoisotopic (exact) mass is 354 g/mol. The molecule has 6 heteroatoms. The Bertz CT molecular complexity index is 750. The highest BCUT2D eigenvalue weighted by atomic mass is 16.5. The fraction of sp³-hybridized carbons (Fsp3) is 0.450. The number of para-hydroxylation sites is 1. The van der Waals surface area contributed by atoms with E-state index in [-0.39, 0.29) is 5.91 Å². The molecule has 1 fully saturated rings. The predicted octanol–water partition coefficient (Wildman–Crippen LogP) is 2.55. The smallest absolute Gasteiger partial charge is 0.227 e. The van der Waals surface area contributed by atoms with Gasteiger partial charge < -0.3 is 15.0 Å². The van der Waals surface area contributed by atoms with Crippen LogP contribution in [0.25, 0.3) is 0 Å². The molecule has 0 aliphatic carbocycles. The summed E-state index contributed by atoms with van der Waals surface area (Å²) < 4.78 is 5.37. The van der Waals surface area contributed by atoms with E-state index in [1.807, 2.05) is 36.2 Å². The number of hydrogen-bond acceptors (Lipinski definition) is 5. The van der Waals surface area contributed by atoms with Crippen molar-refractivity contribution >= 4 is 11.7 Å². The molecule has 2 aromatic rings. The van der Waals surface area contributed by atoms with Gasteiger partial charge in [-0.25, -0.2) is 4.98 Å². The highest BCUT2D eigenvalue weighted by Gasteiger charge is 2.25. The van der Waals surface area contributed by atoms with Crippen LogP contribution >= 0.6 is 0 Å². The van der Waals surface area contributed by atoms with Gasteiger partial charge in [0.1, 0.15) is 11.6 Å². The second-order valence-corrected chi connectivity index (χ2v) is 6.64. The molecule has 1 aliphatic rings. The summed E-state index contributed by atoms with van der Waals surface area (Å²) in [5, 5.41) is 3.10. The molecule has 1 saturated heterocycles. The first-order valence-corrected chi connectivity index (χ1v) is 9.08. The first-order valence-electron chi connectivity index (χ1n) is 9.08. The minimum absolute atomic E-state index is 0.159. The summed E-state index contributed by atoms with van der Waals surface area (Å²) in [5.74, 6) is 2.17. The Morgan fingerprint density at radius 2 is 2.12 bits per heavy atom. The largest absolute Gasteiger partial charge is 0.496 e. The average molecular weight is 354 g/mol. The van der Waals surface area contributed by atoms with E-state index in [1.54, 1.807) is 19.5 Å². The Kier molecular flexibility index (Phi) is 6.04. The summed E-state index contributed by atoms with van der Waals surface area (Å²) in [5.41, 5.74) is 1.91. The number of carbonyl (C=O) groups excluding carboxylic acids is 1. The topological polar surface area (TPSA) is 67.4 Å². The summed E-state index contributed by atoms with van der Waals surface area (Å²) in [6.07, 6.45) is 6.77. The molecule has 1 aromatic carbocycles. The zero-order valence-corrected chi connectivity index (χ0v) is 15.4. The molecule has 3 rings (SSSR count). The number of ether oxygens (including phenoxy) is 1. The number of likely N-dealkylation sites (tertiary alicyclic amines) is 1. The lowest BCUT2D eigenvalue weighted by atomic mass is 9.92. The van der Waals surface area contributed by atoms with Crippen LogP contribution < -0.4 is 10.1 Å². The number of rotatable bonds is 6. The van der Waals surface area contributed by atoms with E-state index in [2.05, 4.69) is 15.3 Å². The normalized spacial score (nSPS) is 17.0. The van der Waals surface area contributed by atoms with Crippen LogP contribution in [0.15, 0.2) is 36.7 Å². The maximum Gasteiger partial charge on any atom is 0.227 e. The van der Waals surface area contributed by atoms with Crippen LogP contribution in [0, 0.1) is 5.92 Å². The van der Waals surface area contributed by atoms with Crippen molar-refractivity contribution in [1.29, 1.82) is 0 Å². The van der Waals surface area contributed by atoms with E-state index in [0.717, 1.165) is 55.2 Å². The van der Waals surface area contributed by atoms with Gasteiger partial charge in [-0.1, -0.05) is 18.2 Å². The average Bonchev–Trinajstić information content (AvgIpc) is 2.69. The lowest BCUT2D eigenvalue weighted by Crippen LogP contribution is -2.41. The van der Waals surface area contributed by atoms with Crippen molar-refractivity contribution in [2.75, 3.05) is 32.6 Å². The second-order valence-electron chi connectivity index (χ2n) is 6.64. The van der Waals surface area contributed by atoms with Gasteiger partial charge in [0.25, 0.3) is 0 Å². The molecule has 1 aromatic heterocycles. The van der Waals surface area contributed by atoms with Crippen LogP contribution in [0.5, 0.6) is 5.75 Å². The number of piperidine rings is 1. The van der Waals surface area contributed by atoms with Gasteiger partial charge in [0.05, 0.1) is 19.2 Å². The van der Waals surface area contributed by atoms with Gasteiger partial charge in [-0.2, -0.15) is 0 Å². The van der Waals surface area contributed by atoms with Crippen LogP contribution in [0.2, 0.25) is 0 Å². The lowest BCUT2D eigenvalue weighted by Gasteiger charge is -2.33. The van der Waals surface area contributed by atoms with Gasteiger partial charge in [0, 0.05) is 38.1 Å². The highest BCUT2D eigenvalue weighted by Crippen LogP contribution is 2.24. The lowest BCUT2D eigenvalue weighted by molar-refractivity contribution is -0.132. The Hall–Kier alpha value is -2.63. The molecule has 138 valence electrons. The molecule has 1 unspecified atom stereocenters. The minimum Gasteiger partial charge on any atom is -0.496 e. The first-order chi connectivity index (χ1) is 12.7. The Morgan fingerprint density at radius 1 is 1.31 bits per heavy atom. The maximum absolute atomic E-state index is 12.8. The van der Waals surface area contributed by atoms with E-state index >= 15 is 0 Å². The third-order valence-electron chi connectivity index (χ3n) is 4.90. The van der Waals surface area contributed by atoms with Gasteiger partial charge in [-0.15, -0.1) is 0 Å². The fourth-order valence-electron chi connectivity index (χ4n) is 3.58. The number of anilines is 1. The molecule has 0 saturated carbocycles. The quantitative estimate of drug-likeness (QED) is 0.863. The van der Waals surface area contributed by atoms with E-state index in [4.69, 9.17) is 4.74 Å². The van der Waals surface area contributed by atoms with Crippen LogP contribution in [0.4, 0.5) is 5.82 Å². The summed E-state index contributed by atoms with van der Waals surface area (Å²) >= 11 is 0. The van der Waals surface area contributed by atoms with Crippen LogP contribution in [-0.4, -0.2) is 48.0 Å². The summed E-state index contributed by atoms with van der Waals surface area (Å²) in [7, 11) is 3.50. The molecule has 1 aliphatic heterocycles. The van der Waals surface area contributed by atoms with Gasteiger partial charge in [-0.05, 0) is 31.2 Å². The molecule has 0 spiro atoms. The van der Waals surface area contributed by atoms with Crippen LogP contribution in [0.3, 0.4) is 0 Å². The van der Waals surface area contributed by atoms with Crippen molar-refractivity contribution in [3.8, 4) is 5.75 Å². The third-order valence-corrected chi connectivity index (χ3v) is 4.90. The second kappa shape index (κ2) is 8.65. The van der Waals surface area contributed by atoms with Crippen LogP contribution in [-0.2, 0) is 17.6 Å². The first kappa shape index (κ1) is 18.2. The third kappa shape index (κ3) is 4.31. The van der Waals surface area contributed by atoms with Crippen LogP contribution in [0.1, 0.15) is 24.1 Å². The summed E-state index contributed by atoms with van der Waals surface area (Å²) in [6.45, 7) is 1.59. The number of amides is 1. The molecule has 6 nitrogen and oxygen atoms in total. The van der Waals surface area contributed by atoms with Crippen molar-refractivity contribution in [2.24, 2.45) is 5.92 Å². The van der Waals surface area contributed by atoms with Crippen molar-refractivity contribution in [3.63, 3.8) is 0 Å². The number of nitrogens with zero attached hydrogens (tertiary/aromatic N) is 3. The summed E-state index contributed by atoms with van der Waals surface area (Å²) in [6, 6.07) is 7.72. The minimum atomic E-state index is 0.159. The highest BCUT2D eigenvalue weighted by molar-refractivity contribution is 5.79. The van der Waals surface area contributed by atoms with Crippen molar-refractivity contribution in [2.45, 2.75) is 25.7 Å². The van der Waals surface area contributed by atoms with Crippen molar-refractivity contribution < 1.29 is 9.53 Å². The van der Waals surface area contributed by atoms with E-state index in [0.29, 0.717) is 12.3 Å². The number of nitrogens with one attached hydrogen (secondary N) is 1. The van der Waals surface area contributed by atoms with Gasteiger partial charge in [0.15, 0.2) is 0 Å². The molecule has 0 bridgehead atoms. The number of hydrogen-bond donors (Lipinski definition) is 1. The fourth-order valence-corrected chi connectivity index (χ4v) is 3.58. The molecular weight excluding hydrogens is 328 g/mol. The van der Waals surface area contributed by atoms with E-state index in [1.165, 1.54) is 0 Å². The van der Waals surface area contributed by atoms with Gasteiger partial charge in [0.2, 0.25) is 5.91 Å². The number of carbonyl (C=O) groups is 1. The molecule has 26 heavy (non-hydrogen) atoms. The summed E-state index contributed by atoms with van der Waals surface area (Å²) in [4.78, 5) is 23.6. The SMILES string of the molecule is CNc1nccnc1CC1CCCN(C(=O)Cc2ccccc2OC)C1. The zero-order chi connectivity index (χ0) is 18.4. The maximum atomic E-state index is 12.8. The standard InChI is InChI=1S/C20H26N4O2/c1-21-20-17(22-9-10-23-20)12-15-6-5-11-24(14-15)19(25)13-16-7-3-4-8-18(16)26-2/h3-4,7-10,15H,5-6,11-14H2,1-2H3,(H,21,23). The number of aromatic nitrogens is 2. The molecule has 1 atom stereocenters. The zero-order valence-electron chi connectivity index (χ0n) is 15.4. The molecule has 1 N–H and O–H groups in total. The Labute approximate surface area is 154 Å². The van der Waals surface area contributed by atoms with E-state index < -0.39 is 0 Å². The predicted molar refractivity (Wildman–Crippen MR) is 101 cm³/mol. The molecule has 2 heterocycles. The molecule has 1 amide bonds. The number of methoxy groups -OCH3 is 1. The van der Waals surface area contributed by atoms with Crippen molar-refractivity contribution in [3.05, 3.63) is 47.9 Å². The molecule has 0 radical (unpaired) electrons. The number of benzene rings is 1.